The monoisotopic (exact) mass is 370 g/mol. The van der Waals surface area contributed by atoms with Crippen molar-refractivity contribution >= 4 is 27.5 Å². The third-order valence-electron chi connectivity index (χ3n) is 3.67. The number of nitrogens with one attached hydrogen (secondary N) is 1. The minimum Gasteiger partial charge on any atom is -0.334 e. The van der Waals surface area contributed by atoms with Gasteiger partial charge in [-0.05, 0) is 25.1 Å². The van der Waals surface area contributed by atoms with Crippen molar-refractivity contribution in [3.63, 3.8) is 0 Å². The largest absolute Gasteiger partial charge is 0.334 e. The minimum absolute atomic E-state index is 0.135. The molecular formula is C14H16BrClN4O. The van der Waals surface area contributed by atoms with Crippen molar-refractivity contribution in [2.24, 2.45) is 0 Å². The first-order valence-electron chi connectivity index (χ1n) is 6.89. The zero-order valence-electron chi connectivity index (χ0n) is 11.6. The summed E-state index contributed by atoms with van der Waals surface area (Å²) in [6, 6.07) is 5.71. The second-order valence-electron chi connectivity index (χ2n) is 5.04. The molecule has 21 heavy (non-hydrogen) atoms. The van der Waals surface area contributed by atoms with Gasteiger partial charge in [0.25, 0.3) is 5.89 Å². The van der Waals surface area contributed by atoms with E-state index in [2.05, 4.69) is 43.2 Å². The fourth-order valence-corrected chi connectivity index (χ4v) is 2.97. The maximum absolute atomic E-state index is 6.20. The molecule has 1 unspecified atom stereocenters. The number of nitrogens with zero attached hydrogens (tertiary/aromatic N) is 3. The molecule has 1 aromatic heterocycles. The third kappa shape index (κ3) is 3.29. The van der Waals surface area contributed by atoms with Crippen molar-refractivity contribution < 1.29 is 4.52 Å². The Morgan fingerprint density at radius 1 is 1.38 bits per heavy atom. The van der Waals surface area contributed by atoms with Crippen LogP contribution in [0.4, 0.5) is 0 Å². The van der Waals surface area contributed by atoms with E-state index in [-0.39, 0.29) is 6.04 Å². The molecule has 1 aliphatic rings. The molecule has 1 aromatic carbocycles. The predicted molar refractivity (Wildman–Crippen MR) is 85.3 cm³/mol. The molecule has 5 nitrogen and oxygen atoms in total. The van der Waals surface area contributed by atoms with Crippen LogP contribution in [0.5, 0.6) is 0 Å². The molecule has 0 spiro atoms. The molecule has 2 aromatic rings. The molecule has 1 N–H and O–H groups in total. The van der Waals surface area contributed by atoms with E-state index < -0.39 is 0 Å². The van der Waals surface area contributed by atoms with Crippen LogP contribution in [0.3, 0.4) is 0 Å². The Hall–Kier alpha value is -0.950. The summed E-state index contributed by atoms with van der Waals surface area (Å²) in [5.41, 5.74) is 0.748. The maximum atomic E-state index is 6.20. The van der Waals surface area contributed by atoms with Gasteiger partial charge in [0.2, 0.25) is 0 Å². The van der Waals surface area contributed by atoms with E-state index in [9.17, 15) is 0 Å². The molecule has 0 bridgehead atoms. The fourth-order valence-electron chi connectivity index (χ4n) is 2.41. The molecule has 1 saturated heterocycles. The Morgan fingerprint density at radius 3 is 2.90 bits per heavy atom. The summed E-state index contributed by atoms with van der Waals surface area (Å²) in [5, 5.41) is 8.05. The van der Waals surface area contributed by atoms with Gasteiger partial charge in [-0.15, -0.1) is 0 Å². The smallest absolute Gasteiger partial charge is 0.259 e. The molecule has 0 saturated carbocycles. The van der Waals surface area contributed by atoms with Gasteiger partial charge in [-0.1, -0.05) is 32.7 Å². The second-order valence-corrected chi connectivity index (χ2v) is 6.37. The van der Waals surface area contributed by atoms with Crippen LogP contribution in [0.2, 0.25) is 5.02 Å². The lowest BCUT2D eigenvalue weighted by atomic mass is 10.2. The lowest BCUT2D eigenvalue weighted by Gasteiger charge is -2.30. The van der Waals surface area contributed by atoms with Crippen molar-refractivity contribution in [3.8, 4) is 11.5 Å². The number of halogens is 2. The summed E-state index contributed by atoms with van der Waals surface area (Å²) in [5.74, 6) is 1.15. The quantitative estimate of drug-likeness (QED) is 0.898. The van der Waals surface area contributed by atoms with E-state index >= 15 is 0 Å². The first-order valence-corrected chi connectivity index (χ1v) is 8.06. The van der Waals surface area contributed by atoms with Crippen molar-refractivity contribution in [3.05, 3.63) is 33.5 Å². The Balaban J connectivity index is 1.84. The van der Waals surface area contributed by atoms with Crippen LogP contribution in [-0.4, -0.2) is 41.2 Å². The summed E-state index contributed by atoms with van der Waals surface area (Å²) < 4.78 is 6.32. The Bertz CT molecular complexity index is 627. The fraction of sp³-hybridized carbons (Fsp3) is 0.429. The number of aromatic nitrogens is 2. The first kappa shape index (κ1) is 15.0. The van der Waals surface area contributed by atoms with Gasteiger partial charge in [0.05, 0.1) is 16.6 Å². The molecule has 2 heterocycles. The van der Waals surface area contributed by atoms with Gasteiger partial charge in [-0.3, -0.25) is 4.90 Å². The lowest BCUT2D eigenvalue weighted by Crippen LogP contribution is -2.44. The third-order valence-corrected chi connectivity index (χ3v) is 4.50. The summed E-state index contributed by atoms with van der Waals surface area (Å²) in [4.78, 5) is 6.85. The van der Waals surface area contributed by atoms with Gasteiger partial charge in [-0.2, -0.15) is 4.98 Å². The molecule has 0 aliphatic carbocycles. The van der Waals surface area contributed by atoms with Crippen LogP contribution in [0.25, 0.3) is 11.5 Å². The zero-order valence-corrected chi connectivity index (χ0v) is 14.0. The van der Waals surface area contributed by atoms with Gasteiger partial charge in [0.1, 0.15) is 0 Å². The van der Waals surface area contributed by atoms with Crippen molar-refractivity contribution in [2.75, 3.05) is 26.2 Å². The van der Waals surface area contributed by atoms with Gasteiger partial charge in [0.15, 0.2) is 5.82 Å². The van der Waals surface area contributed by atoms with Gasteiger partial charge in [0, 0.05) is 30.7 Å². The SMILES string of the molecule is CC(c1noc(-c2cc(Br)ccc2Cl)n1)N1CCNCC1. The summed E-state index contributed by atoms with van der Waals surface area (Å²) in [7, 11) is 0. The maximum Gasteiger partial charge on any atom is 0.259 e. The number of hydrogen-bond acceptors (Lipinski definition) is 5. The average Bonchev–Trinajstić information content (AvgIpc) is 2.99. The van der Waals surface area contributed by atoms with E-state index in [1.54, 1.807) is 0 Å². The molecule has 7 heteroatoms. The standard InChI is InChI=1S/C14H16BrClN4O/c1-9(20-6-4-17-5-7-20)13-18-14(21-19-13)11-8-10(15)2-3-12(11)16/h2-3,8-9,17H,4-7H2,1H3. The van der Waals surface area contributed by atoms with Crippen molar-refractivity contribution in [1.29, 1.82) is 0 Å². The van der Waals surface area contributed by atoms with Crippen LogP contribution in [0.15, 0.2) is 27.2 Å². The topological polar surface area (TPSA) is 54.2 Å². The van der Waals surface area contributed by atoms with Gasteiger partial charge >= 0.3 is 0 Å². The van der Waals surface area contributed by atoms with E-state index in [1.165, 1.54) is 0 Å². The highest BCUT2D eigenvalue weighted by molar-refractivity contribution is 9.10. The Morgan fingerprint density at radius 2 is 2.14 bits per heavy atom. The van der Waals surface area contributed by atoms with Gasteiger partial charge < -0.3 is 9.84 Å². The van der Waals surface area contributed by atoms with Crippen LogP contribution >= 0.6 is 27.5 Å². The summed E-state index contributed by atoms with van der Waals surface area (Å²) in [6.07, 6.45) is 0. The molecule has 1 aliphatic heterocycles. The molecule has 112 valence electrons. The zero-order chi connectivity index (χ0) is 14.8. The van der Waals surface area contributed by atoms with E-state index in [0.29, 0.717) is 16.7 Å². The Labute approximate surface area is 136 Å². The van der Waals surface area contributed by atoms with Crippen LogP contribution in [0.1, 0.15) is 18.8 Å². The van der Waals surface area contributed by atoms with Crippen LogP contribution < -0.4 is 5.32 Å². The Kier molecular flexibility index (Phi) is 4.59. The molecule has 1 atom stereocenters. The predicted octanol–water partition coefficient (Wildman–Crippen LogP) is 3.12. The van der Waals surface area contributed by atoms with E-state index in [1.807, 2.05) is 18.2 Å². The molecular weight excluding hydrogens is 356 g/mol. The number of piperazine rings is 1. The van der Waals surface area contributed by atoms with Crippen LogP contribution in [0, 0.1) is 0 Å². The minimum atomic E-state index is 0.135. The average molecular weight is 372 g/mol. The molecule has 0 radical (unpaired) electrons. The number of hydrogen-bond donors (Lipinski definition) is 1. The van der Waals surface area contributed by atoms with Crippen molar-refractivity contribution in [1.82, 2.24) is 20.4 Å². The highest BCUT2D eigenvalue weighted by Gasteiger charge is 2.23. The summed E-state index contributed by atoms with van der Waals surface area (Å²) >= 11 is 9.63. The normalized spacial score (nSPS) is 17.9. The molecule has 1 fully saturated rings. The molecule has 3 rings (SSSR count). The highest BCUT2D eigenvalue weighted by atomic mass is 79.9. The lowest BCUT2D eigenvalue weighted by molar-refractivity contribution is 0.176. The van der Waals surface area contributed by atoms with Crippen molar-refractivity contribution in [2.45, 2.75) is 13.0 Å². The molecule has 0 amide bonds. The van der Waals surface area contributed by atoms with Gasteiger partial charge in [-0.25, -0.2) is 0 Å². The first-order chi connectivity index (χ1) is 10.1. The highest BCUT2D eigenvalue weighted by Crippen LogP contribution is 2.30. The van der Waals surface area contributed by atoms with Crippen LogP contribution in [-0.2, 0) is 0 Å². The number of rotatable bonds is 3. The van der Waals surface area contributed by atoms with E-state index in [4.69, 9.17) is 16.1 Å². The van der Waals surface area contributed by atoms with E-state index in [0.717, 1.165) is 36.2 Å². The summed E-state index contributed by atoms with van der Waals surface area (Å²) in [6.45, 7) is 6.06. The second kappa shape index (κ2) is 6.44. The number of benzene rings is 1.